The minimum Gasteiger partial charge on any atom is -0.389 e. The van der Waals surface area contributed by atoms with Crippen molar-refractivity contribution in [1.82, 2.24) is 15.4 Å². The second-order valence-electron chi connectivity index (χ2n) is 3.31. The lowest BCUT2D eigenvalue weighted by Crippen LogP contribution is -2.16. The van der Waals surface area contributed by atoms with Gasteiger partial charge in [-0.2, -0.15) is 5.10 Å². The molecule has 7 nitrogen and oxygen atoms in total. The molecule has 2 rings (SSSR count). The van der Waals surface area contributed by atoms with Crippen LogP contribution in [0.5, 0.6) is 0 Å². The van der Waals surface area contributed by atoms with Crippen molar-refractivity contribution in [2.24, 2.45) is 5.73 Å². The zero-order valence-electron chi connectivity index (χ0n) is 8.85. The van der Waals surface area contributed by atoms with Crippen LogP contribution in [0.25, 0.3) is 0 Å². The molecule has 2 aromatic heterocycles. The maximum atomic E-state index is 11.7. The molecule has 8 heteroatoms. The maximum absolute atomic E-state index is 11.7. The number of amides is 1. The van der Waals surface area contributed by atoms with Crippen LogP contribution in [0.2, 0.25) is 0 Å². The number of aromatic amines is 1. The largest absolute Gasteiger partial charge is 0.389 e. The van der Waals surface area contributed by atoms with Crippen LogP contribution in [0, 0.1) is 6.92 Å². The molecule has 88 valence electrons. The summed E-state index contributed by atoms with van der Waals surface area (Å²) in [6.07, 6.45) is 1.43. The number of hydrogen-bond donors (Lipinski definition) is 3. The maximum Gasteiger partial charge on any atom is 0.295 e. The summed E-state index contributed by atoms with van der Waals surface area (Å²) in [5.41, 5.74) is 6.54. The second-order valence-corrected chi connectivity index (χ2v) is 3.75. The van der Waals surface area contributed by atoms with E-state index in [1.807, 2.05) is 0 Å². The van der Waals surface area contributed by atoms with E-state index in [0.29, 0.717) is 17.1 Å². The highest BCUT2D eigenvalue weighted by molar-refractivity contribution is 7.80. The van der Waals surface area contributed by atoms with Crippen molar-refractivity contribution >= 4 is 28.9 Å². The molecule has 0 atom stereocenters. The van der Waals surface area contributed by atoms with Gasteiger partial charge in [-0.1, -0.05) is 17.4 Å². The highest BCUT2D eigenvalue weighted by Crippen LogP contribution is 2.12. The van der Waals surface area contributed by atoms with E-state index in [1.54, 1.807) is 6.92 Å². The Labute approximate surface area is 101 Å². The summed E-state index contributed by atoms with van der Waals surface area (Å²) >= 11 is 4.81. The molecule has 0 aromatic carbocycles. The van der Waals surface area contributed by atoms with Crippen LogP contribution < -0.4 is 11.1 Å². The molecule has 0 saturated carbocycles. The highest BCUT2D eigenvalue weighted by atomic mass is 32.1. The summed E-state index contributed by atoms with van der Waals surface area (Å²) in [5.74, 6) is -0.0186. The number of hydrogen-bond acceptors (Lipinski definition) is 5. The smallest absolute Gasteiger partial charge is 0.295 e. The number of rotatable bonds is 3. The number of nitrogens with one attached hydrogen (secondary N) is 2. The molecule has 0 fully saturated rings. The minimum atomic E-state index is -0.452. The molecule has 1 amide bonds. The van der Waals surface area contributed by atoms with E-state index in [9.17, 15) is 4.79 Å². The summed E-state index contributed by atoms with van der Waals surface area (Å²) in [6, 6.07) is 1.52. The molecule has 0 unspecified atom stereocenters. The van der Waals surface area contributed by atoms with E-state index in [1.165, 1.54) is 12.3 Å². The van der Waals surface area contributed by atoms with Crippen molar-refractivity contribution < 1.29 is 9.32 Å². The second kappa shape index (κ2) is 4.34. The third-order valence-corrected chi connectivity index (χ3v) is 2.21. The Morgan fingerprint density at radius 2 is 2.41 bits per heavy atom. The molecule has 0 aliphatic carbocycles. The molecule has 0 saturated heterocycles. The van der Waals surface area contributed by atoms with Gasteiger partial charge >= 0.3 is 0 Å². The van der Waals surface area contributed by atoms with E-state index in [4.69, 9.17) is 22.5 Å². The Morgan fingerprint density at radius 1 is 1.65 bits per heavy atom. The summed E-state index contributed by atoms with van der Waals surface area (Å²) in [7, 11) is 0. The predicted molar refractivity (Wildman–Crippen MR) is 63.7 cm³/mol. The average Bonchev–Trinajstić information content (AvgIpc) is 2.86. The first kappa shape index (κ1) is 11.3. The Bertz CT molecular complexity index is 573. The number of aromatic nitrogens is 3. The molecule has 0 spiro atoms. The summed E-state index contributed by atoms with van der Waals surface area (Å²) in [5, 5.41) is 12.5. The van der Waals surface area contributed by atoms with Gasteiger partial charge in [-0.25, -0.2) is 0 Å². The van der Waals surface area contributed by atoms with Gasteiger partial charge in [0.25, 0.3) is 5.91 Å². The number of aryl methyl sites for hydroxylation is 1. The normalized spacial score (nSPS) is 10.2. The number of carbonyl (C=O) groups excluding carboxylic acids is 1. The van der Waals surface area contributed by atoms with Gasteiger partial charge in [0, 0.05) is 6.07 Å². The third kappa shape index (κ3) is 2.31. The van der Waals surface area contributed by atoms with Crippen molar-refractivity contribution in [3.05, 3.63) is 29.3 Å². The SMILES string of the molecule is Cc1cc(C(=O)Nc2[nH]ncc2C(N)=S)on1. The first-order valence-electron chi connectivity index (χ1n) is 4.66. The van der Waals surface area contributed by atoms with Crippen LogP contribution in [0.15, 0.2) is 16.8 Å². The molecule has 0 radical (unpaired) electrons. The molecule has 0 bridgehead atoms. The Hall–Kier alpha value is -2.22. The Morgan fingerprint density at radius 3 is 3.00 bits per heavy atom. The molecular formula is C9H9N5O2S. The first-order chi connectivity index (χ1) is 8.08. The van der Waals surface area contributed by atoms with Gasteiger partial charge in [-0.05, 0) is 6.92 Å². The predicted octanol–water partition coefficient (Wildman–Crippen LogP) is 0.593. The van der Waals surface area contributed by atoms with E-state index >= 15 is 0 Å². The van der Waals surface area contributed by atoms with Gasteiger partial charge in [0.1, 0.15) is 10.8 Å². The number of H-pyrrole nitrogens is 1. The molecule has 0 aliphatic rings. The van der Waals surface area contributed by atoms with Crippen LogP contribution in [0.1, 0.15) is 21.8 Å². The molecule has 2 aromatic rings. The van der Waals surface area contributed by atoms with Crippen molar-refractivity contribution in [1.29, 1.82) is 0 Å². The zero-order valence-corrected chi connectivity index (χ0v) is 9.67. The lowest BCUT2D eigenvalue weighted by molar-refractivity contribution is 0.0987. The van der Waals surface area contributed by atoms with Gasteiger partial charge in [0.2, 0.25) is 5.76 Å². The standard InChI is InChI=1S/C9H9N5O2S/c1-4-2-6(16-14-4)9(15)12-8-5(7(10)17)3-11-13-8/h2-3H,1H3,(H2,10,17)(H2,11,12,13,15). The van der Waals surface area contributed by atoms with E-state index in [2.05, 4.69) is 20.7 Å². The van der Waals surface area contributed by atoms with Crippen LogP contribution >= 0.6 is 12.2 Å². The van der Waals surface area contributed by atoms with Crippen LogP contribution in [0.4, 0.5) is 5.82 Å². The summed E-state index contributed by atoms with van der Waals surface area (Å²) in [6.45, 7) is 1.72. The fourth-order valence-electron chi connectivity index (χ4n) is 1.21. The number of thiocarbonyl (C=S) groups is 1. The van der Waals surface area contributed by atoms with E-state index < -0.39 is 5.91 Å². The van der Waals surface area contributed by atoms with Gasteiger partial charge < -0.3 is 15.6 Å². The minimum absolute atomic E-state index is 0.103. The molecule has 17 heavy (non-hydrogen) atoms. The zero-order chi connectivity index (χ0) is 12.4. The Balaban J connectivity index is 2.18. The lowest BCUT2D eigenvalue weighted by atomic mass is 10.3. The highest BCUT2D eigenvalue weighted by Gasteiger charge is 2.15. The van der Waals surface area contributed by atoms with Crippen molar-refractivity contribution in [2.45, 2.75) is 6.92 Å². The molecule has 0 aliphatic heterocycles. The van der Waals surface area contributed by atoms with Crippen molar-refractivity contribution in [3.8, 4) is 0 Å². The summed E-state index contributed by atoms with van der Waals surface area (Å²) < 4.78 is 4.81. The van der Waals surface area contributed by atoms with Gasteiger partial charge in [0.15, 0.2) is 0 Å². The fourth-order valence-corrected chi connectivity index (χ4v) is 1.37. The number of anilines is 1. The van der Waals surface area contributed by atoms with Crippen molar-refractivity contribution in [3.63, 3.8) is 0 Å². The molecular weight excluding hydrogens is 242 g/mol. The number of carbonyl (C=O) groups is 1. The summed E-state index contributed by atoms with van der Waals surface area (Å²) in [4.78, 5) is 11.9. The number of nitrogens with zero attached hydrogens (tertiary/aromatic N) is 2. The fraction of sp³-hybridized carbons (Fsp3) is 0.111. The van der Waals surface area contributed by atoms with E-state index in [-0.39, 0.29) is 10.7 Å². The van der Waals surface area contributed by atoms with E-state index in [0.717, 1.165) is 0 Å². The van der Waals surface area contributed by atoms with Crippen LogP contribution in [-0.4, -0.2) is 26.2 Å². The lowest BCUT2D eigenvalue weighted by Gasteiger charge is -2.01. The van der Waals surface area contributed by atoms with Gasteiger partial charge in [-0.15, -0.1) is 0 Å². The van der Waals surface area contributed by atoms with Crippen LogP contribution in [-0.2, 0) is 0 Å². The van der Waals surface area contributed by atoms with Crippen LogP contribution in [0.3, 0.4) is 0 Å². The molecule has 4 N–H and O–H groups in total. The average molecular weight is 251 g/mol. The molecule has 2 heterocycles. The van der Waals surface area contributed by atoms with Gasteiger partial charge in [0.05, 0.1) is 17.5 Å². The Kier molecular flexibility index (Phi) is 2.88. The third-order valence-electron chi connectivity index (χ3n) is 2.00. The van der Waals surface area contributed by atoms with Crippen molar-refractivity contribution in [2.75, 3.05) is 5.32 Å². The first-order valence-corrected chi connectivity index (χ1v) is 5.06. The van der Waals surface area contributed by atoms with Gasteiger partial charge in [-0.3, -0.25) is 9.89 Å². The quantitative estimate of drug-likeness (QED) is 0.689. The number of nitrogens with two attached hydrogens (primary N) is 1. The monoisotopic (exact) mass is 251 g/mol. The topological polar surface area (TPSA) is 110 Å².